The van der Waals surface area contributed by atoms with E-state index in [1.165, 1.54) is 0 Å². The van der Waals surface area contributed by atoms with Crippen LogP contribution in [0, 0.1) is 0 Å². The van der Waals surface area contributed by atoms with Gasteiger partial charge in [-0.1, -0.05) is 35.9 Å². The van der Waals surface area contributed by atoms with Crippen molar-refractivity contribution >= 4 is 11.6 Å². The number of aliphatic hydroxyl groups is 1. The number of ether oxygens (including phenoxy) is 1. The van der Waals surface area contributed by atoms with Crippen molar-refractivity contribution in [1.29, 1.82) is 0 Å². The molecule has 0 heterocycles. The Kier molecular flexibility index (Phi) is 5.23. The lowest BCUT2D eigenvalue weighted by Crippen LogP contribution is -2.19. The van der Waals surface area contributed by atoms with Crippen LogP contribution in [0.15, 0.2) is 48.5 Å². The molecule has 0 fully saturated rings. The number of nitrogens with two attached hydrogens (primary N) is 1. The summed E-state index contributed by atoms with van der Waals surface area (Å²) >= 11 is 5.85. The molecule has 0 aliphatic heterocycles. The van der Waals surface area contributed by atoms with E-state index in [2.05, 4.69) is 0 Å². The zero-order valence-corrected chi connectivity index (χ0v) is 12.9. The van der Waals surface area contributed by atoms with Crippen LogP contribution in [0.25, 0.3) is 0 Å². The molecule has 2 rings (SSSR count). The van der Waals surface area contributed by atoms with E-state index in [-0.39, 0.29) is 6.10 Å². The normalized spacial score (nSPS) is 14.0. The summed E-state index contributed by atoms with van der Waals surface area (Å²) in [5, 5.41) is 11.0. The third-order valence-corrected chi connectivity index (χ3v) is 3.44. The third kappa shape index (κ3) is 4.21. The summed E-state index contributed by atoms with van der Waals surface area (Å²) in [6.45, 7) is 3.94. The van der Waals surface area contributed by atoms with Crippen LogP contribution in [0.2, 0.25) is 5.02 Å². The molecule has 4 heteroatoms. The first-order valence-electron chi connectivity index (χ1n) is 6.93. The first kappa shape index (κ1) is 15.8. The zero-order chi connectivity index (χ0) is 15.4. The van der Waals surface area contributed by atoms with Gasteiger partial charge in [-0.05, 0) is 49.2 Å². The summed E-state index contributed by atoms with van der Waals surface area (Å²) in [6.07, 6.45) is -0.656. The van der Waals surface area contributed by atoms with Crippen molar-refractivity contribution in [2.24, 2.45) is 5.73 Å². The average molecular weight is 306 g/mol. The average Bonchev–Trinajstić information content (AvgIpc) is 2.47. The standard InChI is InChI=1S/C17H20ClNO2/c1-11(2)21-15-9-5-13(6-10-15)17(20)16(19)12-3-7-14(18)8-4-12/h3-11,16-17,20H,19H2,1-2H3. The first-order valence-corrected chi connectivity index (χ1v) is 7.31. The van der Waals surface area contributed by atoms with Crippen molar-refractivity contribution in [3.05, 3.63) is 64.7 Å². The van der Waals surface area contributed by atoms with Crippen molar-refractivity contribution in [3.63, 3.8) is 0 Å². The van der Waals surface area contributed by atoms with Crippen molar-refractivity contribution in [3.8, 4) is 5.75 Å². The lowest BCUT2D eigenvalue weighted by Gasteiger charge is -2.20. The maximum absolute atomic E-state index is 10.4. The molecule has 0 amide bonds. The minimum atomic E-state index is -0.778. The van der Waals surface area contributed by atoms with Crippen molar-refractivity contribution < 1.29 is 9.84 Å². The molecule has 2 aromatic carbocycles. The topological polar surface area (TPSA) is 55.5 Å². The predicted molar refractivity (Wildman–Crippen MR) is 85.5 cm³/mol. The van der Waals surface area contributed by atoms with E-state index in [4.69, 9.17) is 22.1 Å². The van der Waals surface area contributed by atoms with Crippen LogP contribution in [0.3, 0.4) is 0 Å². The molecule has 3 N–H and O–H groups in total. The first-order chi connectivity index (χ1) is 9.97. The fraction of sp³-hybridized carbons (Fsp3) is 0.294. The van der Waals surface area contributed by atoms with Crippen molar-refractivity contribution in [2.45, 2.75) is 32.1 Å². The molecule has 21 heavy (non-hydrogen) atoms. The minimum Gasteiger partial charge on any atom is -0.491 e. The van der Waals surface area contributed by atoms with Crippen LogP contribution in [0.4, 0.5) is 0 Å². The summed E-state index contributed by atoms with van der Waals surface area (Å²) < 4.78 is 5.58. The molecule has 0 spiro atoms. The predicted octanol–water partition coefficient (Wildman–Crippen LogP) is 3.86. The summed E-state index contributed by atoms with van der Waals surface area (Å²) in [6, 6.07) is 14.0. The van der Waals surface area contributed by atoms with Gasteiger partial charge in [0.25, 0.3) is 0 Å². The third-order valence-electron chi connectivity index (χ3n) is 3.19. The van der Waals surface area contributed by atoms with Crippen LogP contribution < -0.4 is 10.5 Å². The highest BCUT2D eigenvalue weighted by molar-refractivity contribution is 6.30. The number of hydrogen-bond acceptors (Lipinski definition) is 3. The lowest BCUT2D eigenvalue weighted by atomic mass is 9.96. The van der Waals surface area contributed by atoms with Gasteiger partial charge in [-0.15, -0.1) is 0 Å². The van der Waals surface area contributed by atoms with Gasteiger partial charge in [-0.3, -0.25) is 0 Å². The molecular formula is C17H20ClNO2. The highest BCUT2D eigenvalue weighted by atomic mass is 35.5. The second-order valence-corrected chi connectivity index (χ2v) is 5.69. The molecule has 0 saturated heterocycles. The van der Waals surface area contributed by atoms with Gasteiger partial charge in [0.15, 0.2) is 0 Å². The fourth-order valence-corrected chi connectivity index (χ4v) is 2.22. The van der Waals surface area contributed by atoms with Gasteiger partial charge >= 0.3 is 0 Å². The molecule has 0 aliphatic carbocycles. The zero-order valence-electron chi connectivity index (χ0n) is 12.2. The summed E-state index contributed by atoms with van der Waals surface area (Å²) in [4.78, 5) is 0. The second-order valence-electron chi connectivity index (χ2n) is 5.26. The molecule has 0 saturated carbocycles. The van der Waals surface area contributed by atoms with E-state index in [0.717, 1.165) is 16.9 Å². The van der Waals surface area contributed by atoms with Gasteiger partial charge in [0.1, 0.15) is 5.75 Å². The van der Waals surface area contributed by atoms with Gasteiger partial charge in [-0.2, -0.15) is 0 Å². The lowest BCUT2D eigenvalue weighted by molar-refractivity contribution is 0.147. The molecule has 112 valence electrons. The van der Waals surface area contributed by atoms with E-state index in [9.17, 15) is 5.11 Å². The number of hydrogen-bond donors (Lipinski definition) is 2. The molecule has 0 bridgehead atoms. The number of aliphatic hydroxyl groups excluding tert-OH is 1. The largest absolute Gasteiger partial charge is 0.491 e. The van der Waals surface area contributed by atoms with Gasteiger partial charge in [0.05, 0.1) is 18.2 Å². The van der Waals surface area contributed by atoms with E-state index in [1.54, 1.807) is 12.1 Å². The molecule has 0 radical (unpaired) electrons. The van der Waals surface area contributed by atoms with Gasteiger partial charge < -0.3 is 15.6 Å². The Morgan fingerprint density at radius 3 is 2.00 bits per heavy atom. The Morgan fingerprint density at radius 1 is 0.952 bits per heavy atom. The Bertz CT molecular complexity index is 566. The highest BCUT2D eigenvalue weighted by Crippen LogP contribution is 2.28. The van der Waals surface area contributed by atoms with Crippen LogP contribution in [0.1, 0.15) is 37.1 Å². The molecule has 0 aromatic heterocycles. The summed E-state index contributed by atoms with van der Waals surface area (Å²) in [7, 11) is 0. The Morgan fingerprint density at radius 2 is 1.48 bits per heavy atom. The summed E-state index contributed by atoms with van der Waals surface area (Å²) in [5.74, 6) is 0.779. The van der Waals surface area contributed by atoms with Crippen LogP contribution in [-0.4, -0.2) is 11.2 Å². The van der Waals surface area contributed by atoms with E-state index < -0.39 is 12.1 Å². The molecule has 2 atom stereocenters. The number of benzene rings is 2. The molecule has 2 unspecified atom stereocenters. The van der Waals surface area contributed by atoms with E-state index in [0.29, 0.717) is 5.02 Å². The minimum absolute atomic E-state index is 0.122. The molecular weight excluding hydrogens is 286 g/mol. The quantitative estimate of drug-likeness (QED) is 0.882. The maximum Gasteiger partial charge on any atom is 0.119 e. The van der Waals surface area contributed by atoms with Crippen LogP contribution >= 0.6 is 11.6 Å². The van der Waals surface area contributed by atoms with E-state index in [1.807, 2.05) is 50.2 Å². The Hall–Kier alpha value is -1.55. The second kappa shape index (κ2) is 6.94. The van der Waals surface area contributed by atoms with Crippen LogP contribution in [0.5, 0.6) is 5.75 Å². The summed E-state index contributed by atoms with van der Waals surface area (Å²) in [5.41, 5.74) is 7.72. The Balaban J connectivity index is 2.11. The van der Waals surface area contributed by atoms with Crippen molar-refractivity contribution in [2.75, 3.05) is 0 Å². The highest BCUT2D eigenvalue weighted by Gasteiger charge is 2.18. The monoisotopic (exact) mass is 305 g/mol. The van der Waals surface area contributed by atoms with Crippen LogP contribution in [-0.2, 0) is 0 Å². The maximum atomic E-state index is 10.4. The number of halogens is 1. The smallest absolute Gasteiger partial charge is 0.119 e. The molecule has 2 aromatic rings. The van der Waals surface area contributed by atoms with Gasteiger partial charge in [0, 0.05) is 5.02 Å². The fourth-order valence-electron chi connectivity index (χ4n) is 2.09. The molecule has 3 nitrogen and oxygen atoms in total. The van der Waals surface area contributed by atoms with Gasteiger partial charge in [-0.25, -0.2) is 0 Å². The Labute approximate surface area is 130 Å². The SMILES string of the molecule is CC(C)Oc1ccc(C(O)C(N)c2ccc(Cl)cc2)cc1. The van der Waals surface area contributed by atoms with Crippen molar-refractivity contribution in [1.82, 2.24) is 0 Å². The number of rotatable bonds is 5. The van der Waals surface area contributed by atoms with E-state index >= 15 is 0 Å². The molecule has 0 aliphatic rings. The van der Waals surface area contributed by atoms with Gasteiger partial charge in [0.2, 0.25) is 0 Å².